The number of likely N-dealkylation sites (tertiary alicyclic amines) is 1. The maximum atomic E-state index is 14.1. The smallest absolute Gasteiger partial charge is 0.430 e. The van der Waals surface area contributed by atoms with Gasteiger partial charge in [0.05, 0.1) is 12.7 Å². The standard InChI is InChI=1S/C27H32ClF3N4O4S/c1-32-24(36)21-6-7-22(33-23(21)28)34-12-8-19(9-13-34)40-20-10-14-35(15-11-20)25(37)26(38,27(29,30)31)17-4-3-5-18(16-17)39-2/h3-7,16,19-20,38H,8-15H2,1-2H3,(H,32,36)/t26-/m1/s1. The monoisotopic (exact) mass is 600 g/mol. The van der Waals surface area contributed by atoms with E-state index < -0.39 is 23.2 Å². The molecule has 2 aliphatic rings. The molecule has 2 fully saturated rings. The molecule has 2 N–H and O–H groups in total. The summed E-state index contributed by atoms with van der Waals surface area (Å²) < 4.78 is 47.3. The van der Waals surface area contributed by atoms with Crippen molar-refractivity contribution in [1.82, 2.24) is 15.2 Å². The molecule has 40 heavy (non-hydrogen) atoms. The van der Waals surface area contributed by atoms with Crippen LogP contribution in [0.4, 0.5) is 19.0 Å². The van der Waals surface area contributed by atoms with Gasteiger partial charge in [-0.25, -0.2) is 4.98 Å². The molecular weight excluding hydrogens is 569 g/mol. The summed E-state index contributed by atoms with van der Waals surface area (Å²) in [6, 6.07) is 8.34. The number of ether oxygens (including phenoxy) is 1. The SMILES string of the molecule is CNC(=O)c1ccc(N2CCC(SC3CCN(C(=O)[C@](O)(c4cccc(OC)c4)C(F)(F)F)CC3)CC2)nc1Cl. The minimum atomic E-state index is -5.20. The summed E-state index contributed by atoms with van der Waals surface area (Å²) in [6.45, 7) is 1.79. The molecule has 3 heterocycles. The topological polar surface area (TPSA) is 95.0 Å². The van der Waals surface area contributed by atoms with Crippen LogP contribution in [0.15, 0.2) is 36.4 Å². The molecule has 0 radical (unpaired) electrons. The largest absolute Gasteiger partial charge is 0.497 e. The van der Waals surface area contributed by atoms with Gasteiger partial charge in [-0.15, -0.1) is 0 Å². The third kappa shape index (κ3) is 6.28. The number of carbonyl (C=O) groups excluding carboxylic acids is 2. The van der Waals surface area contributed by atoms with Crippen molar-refractivity contribution in [3.05, 3.63) is 52.7 Å². The van der Waals surface area contributed by atoms with E-state index in [0.29, 0.717) is 29.5 Å². The van der Waals surface area contributed by atoms with Crippen molar-refractivity contribution >= 4 is 41.0 Å². The lowest BCUT2D eigenvalue weighted by Crippen LogP contribution is -2.57. The highest BCUT2D eigenvalue weighted by Gasteiger charge is 2.62. The summed E-state index contributed by atoms with van der Waals surface area (Å²) in [4.78, 5) is 32.6. The second-order valence-electron chi connectivity index (χ2n) is 9.84. The minimum absolute atomic E-state index is 0.119. The van der Waals surface area contributed by atoms with Gasteiger partial charge in [0.15, 0.2) is 0 Å². The number of alkyl halides is 3. The van der Waals surface area contributed by atoms with E-state index in [-0.39, 0.29) is 35.1 Å². The molecule has 0 bridgehead atoms. The van der Waals surface area contributed by atoms with E-state index in [1.54, 1.807) is 12.1 Å². The van der Waals surface area contributed by atoms with Crippen molar-refractivity contribution in [2.24, 2.45) is 0 Å². The number of hydrogen-bond acceptors (Lipinski definition) is 7. The van der Waals surface area contributed by atoms with Crippen molar-refractivity contribution in [3.8, 4) is 5.75 Å². The predicted octanol–water partition coefficient (Wildman–Crippen LogP) is 4.25. The van der Waals surface area contributed by atoms with E-state index in [1.807, 2.05) is 11.8 Å². The average Bonchev–Trinajstić information content (AvgIpc) is 2.96. The number of hydrogen-bond donors (Lipinski definition) is 2. The Labute approximate surface area is 240 Å². The maximum Gasteiger partial charge on any atom is 0.430 e. The molecule has 218 valence electrons. The number of aromatic nitrogens is 1. The van der Waals surface area contributed by atoms with E-state index in [4.69, 9.17) is 16.3 Å². The number of nitrogens with zero attached hydrogens (tertiary/aromatic N) is 3. The Bertz CT molecular complexity index is 1220. The van der Waals surface area contributed by atoms with Crippen molar-refractivity contribution in [2.75, 3.05) is 45.2 Å². The number of benzene rings is 1. The number of piperidine rings is 2. The summed E-state index contributed by atoms with van der Waals surface area (Å²) >= 11 is 8.01. The summed E-state index contributed by atoms with van der Waals surface area (Å²) in [5, 5.41) is 14.0. The fourth-order valence-corrected chi connectivity index (χ4v) is 6.82. The molecule has 4 rings (SSSR count). The molecule has 0 unspecified atom stereocenters. The highest BCUT2D eigenvalue weighted by Crippen LogP contribution is 2.42. The predicted molar refractivity (Wildman–Crippen MR) is 148 cm³/mol. The first-order chi connectivity index (χ1) is 19.0. The van der Waals surface area contributed by atoms with Crippen LogP contribution in [0, 0.1) is 0 Å². The third-order valence-corrected chi connectivity index (χ3v) is 9.39. The normalized spacial score (nSPS) is 18.8. The van der Waals surface area contributed by atoms with Crippen LogP contribution in [0.3, 0.4) is 0 Å². The molecule has 2 amide bonds. The van der Waals surface area contributed by atoms with Crippen molar-refractivity contribution in [1.29, 1.82) is 0 Å². The highest BCUT2D eigenvalue weighted by molar-refractivity contribution is 8.00. The van der Waals surface area contributed by atoms with Gasteiger partial charge < -0.3 is 25.0 Å². The molecule has 0 aliphatic carbocycles. The molecular formula is C27H32ClF3N4O4S. The third-order valence-electron chi connectivity index (χ3n) is 7.39. The fourth-order valence-electron chi connectivity index (χ4n) is 5.08. The lowest BCUT2D eigenvalue weighted by atomic mass is 9.90. The van der Waals surface area contributed by atoms with Crippen LogP contribution in [0.5, 0.6) is 5.75 Å². The Hall–Kier alpha value is -2.70. The second kappa shape index (κ2) is 12.4. The molecule has 1 aromatic carbocycles. The number of carbonyl (C=O) groups is 2. The Morgan fingerprint density at radius 3 is 2.25 bits per heavy atom. The van der Waals surface area contributed by atoms with Crippen LogP contribution < -0.4 is 15.0 Å². The number of thioether (sulfide) groups is 1. The number of methoxy groups -OCH3 is 1. The van der Waals surface area contributed by atoms with E-state index in [2.05, 4.69) is 15.2 Å². The van der Waals surface area contributed by atoms with E-state index in [0.717, 1.165) is 43.0 Å². The van der Waals surface area contributed by atoms with Gasteiger partial charge in [0.1, 0.15) is 16.7 Å². The Kier molecular flexibility index (Phi) is 9.41. The lowest BCUT2D eigenvalue weighted by Gasteiger charge is -2.40. The van der Waals surface area contributed by atoms with Crippen LogP contribution in [-0.4, -0.2) is 83.8 Å². The molecule has 1 aromatic heterocycles. The molecule has 2 saturated heterocycles. The number of nitrogens with one attached hydrogen (secondary N) is 1. The number of pyridine rings is 1. The first kappa shape index (κ1) is 30.3. The van der Waals surface area contributed by atoms with E-state index >= 15 is 0 Å². The number of halogens is 4. The molecule has 1 atom stereocenters. The van der Waals surface area contributed by atoms with E-state index in [1.165, 1.54) is 26.3 Å². The number of aliphatic hydroxyl groups is 1. The first-order valence-electron chi connectivity index (χ1n) is 13.0. The Morgan fingerprint density at radius 2 is 1.70 bits per heavy atom. The quantitative estimate of drug-likeness (QED) is 0.459. The zero-order valence-electron chi connectivity index (χ0n) is 22.2. The molecule has 13 heteroatoms. The van der Waals surface area contributed by atoms with Crippen molar-refractivity contribution in [2.45, 2.75) is 48.0 Å². The van der Waals surface area contributed by atoms with Gasteiger partial charge in [0.2, 0.25) is 0 Å². The molecule has 2 aromatic rings. The van der Waals surface area contributed by atoms with Crippen molar-refractivity contribution < 1.29 is 32.6 Å². The van der Waals surface area contributed by atoms with Crippen LogP contribution in [-0.2, 0) is 10.4 Å². The fraction of sp³-hybridized carbons (Fsp3) is 0.519. The van der Waals surface area contributed by atoms with Crippen LogP contribution >= 0.6 is 23.4 Å². The summed E-state index contributed by atoms with van der Waals surface area (Å²) in [5.41, 5.74) is -3.89. The van der Waals surface area contributed by atoms with Gasteiger partial charge >= 0.3 is 6.18 Å². The van der Waals surface area contributed by atoms with Gasteiger partial charge in [-0.3, -0.25) is 9.59 Å². The van der Waals surface area contributed by atoms with Crippen LogP contribution in [0.1, 0.15) is 41.6 Å². The van der Waals surface area contributed by atoms with Crippen molar-refractivity contribution in [3.63, 3.8) is 0 Å². The zero-order chi connectivity index (χ0) is 29.1. The van der Waals surface area contributed by atoms with Crippen LogP contribution in [0.25, 0.3) is 0 Å². The summed E-state index contributed by atoms with van der Waals surface area (Å²) in [7, 11) is 2.83. The minimum Gasteiger partial charge on any atom is -0.497 e. The maximum absolute atomic E-state index is 14.1. The van der Waals surface area contributed by atoms with Gasteiger partial charge in [-0.2, -0.15) is 24.9 Å². The van der Waals surface area contributed by atoms with Gasteiger partial charge in [0, 0.05) is 49.3 Å². The van der Waals surface area contributed by atoms with Gasteiger partial charge in [0.25, 0.3) is 17.4 Å². The Morgan fingerprint density at radius 1 is 1.07 bits per heavy atom. The van der Waals surface area contributed by atoms with E-state index in [9.17, 15) is 27.9 Å². The summed E-state index contributed by atoms with van der Waals surface area (Å²) in [5.74, 6) is -0.830. The lowest BCUT2D eigenvalue weighted by molar-refractivity contribution is -0.262. The number of rotatable bonds is 7. The highest BCUT2D eigenvalue weighted by atomic mass is 35.5. The molecule has 0 spiro atoms. The molecule has 0 saturated carbocycles. The molecule has 8 nitrogen and oxygen atoms in total. The average molecular weight is 601 g/mol. The Balaban J connectivity index is 1.31. The number of anilines is 1. The first-order valence-corrected chi connectivity index (χ1v) is 14.3. The number of amides is 2. The second-order valence-corrected chi connectivity index (χ2v) is 11.8. The summed E-state index contributed by atoms with van der Waals surface area (Å²) in [6.07, 6.45) is -2.33. The molecule has 2 aliphatic heterocycles. The van der Waals surface area contributed by atoms with Gasteiger partial charge in [-0.05, 0) is 49.9 Å². The van der Waals surface area contributed by atoms with Crippen LogP contribution in [0.2, 0.25) is 5.15 Å². The van der Waals surface area contributed by atoms with Gasteiger partial charge in [-0.1, -0.05) is 23.7 Å². The zero-order valence-corrected chi connectivity index (χ0v) is 23.8.